The van der Waals surface area contributed by atoms with Gasteiger partial charge >= 0.3 is 5.97 Å². The van der Waals surface area contributed by atoms with Gasteiger partial charge in [-0.3, -0.25) is 4.79 Å². The van der Waals surface area contributed by atoms with Crippen LogP contribution in [0.15, 0.2) is 18.2 Å². The zero-order valence-corrected chi connectivity index (χ0v) is 12.2. The molecule has 106 valence electrons. The van der Waals surface area contributed by atoms with Crippen molar-refractivity contribution in [2.24, 2.45) is 0 Å². The highest BCUT2D eigenvalue weighted by Gasteiger charge is 2.42. The molecule has 0 radical (unpaired) electrons. The Hall–Kier alpha value is -1.49. The van der Waals surface area contributed by atoms with E-state index in [4.69, 9.17) is 5.11 Å². The van der Waals surface area contributed by atoms with Crippen LogP contribution in [0, 0.1) is 0 Å². The molecule has 1 fully saturated rings. The minimum absolute atomic E-state index is 0.168. The first kappa shape index (κ1) is 13.5. The summed E-state index contributed by atoms with van der Waals surface area (Å²) in [7, 11) is 0. The summed E-state index contributed by atoms with van der Waals surface area (Å²) in [4.78, 5) is 25.6. The molecule has 2 aliphatic heterocycles. The molecule has 1 unspecified atom stereocenters. The van der Waals surface area contributed by atoms with Crippen molar-refractivity contribution in [3.05, 3.63) is 29.3 Å². The van der Waals surface area contributed by atoms with Crippen LogP contribution in [0.3, 0.4) is 0 Å². The summed E-state index contributed by atoms with van der Waals surface area (Å²) >= 11 is 1.74. The van der Waals surface area contributed by atoms with Crippen LogP contribution in [0.2, 0.25) is 0 Å². The van der Waals surface area contributed by atoms with Gasteiger partial charge in [0.05, 0.1) is 10.3 Å². The molecule has 0 saturated carbocycles. The Morgan fingerprint density at radius 2 is 2.20 bits per heavy atom. The van der Waals surface area contributed by atoms with E-state index < -0.39 is 5.97 Å². The topological polar surface area (TPSA) is 57.6 Å². The number of rotatable bonds is 2. The van der Waals surface area contributed by atoms with Gasteiger partial charge in [0.15, 0.2) is 0 Å². The average Bonchev–Trinajstić information content (AvgIpc) is 3.04. The molecule has 20 heavy (non-hydrogen) atoms. The van der Waals surface area contributed by atoms with Gasteiger partial charge in [-0.25, -0.2) is 4.79 Å². The average molecular weight is 291 g/mol. The Morgan fingerprint density at radius 3 is 2.85 bits per heavy atom. The van der Waals surface area contributed by atoms with Crippen LogP contribution in [0.1, 0.15) is 35.7 Å². The number of benzene rings is 1. The lowest BCUT2D eigenvalue weighted by atomic mass is 10.0. The highest BCUT2D eigenvalue weighted by atomic mass is 32.2. The SMILES string of the molecule is CC1(C(=O)N2CCc3cc(C(=O)O)ccc32)CCCS1. The Bertz CT molecular complexity index is 578. The normalized spacial score (nSPS) is 24.8. The fourth-order valence-electron chi connectivity index (χ4n) is 2.98. The molecule has 0 aromatic heterocycles. The first-order valence-electron chi connectivity index (χ1n) is 6.83. The summed E-state index contributed by atoms with van der Waals surface area (Å²) in [6.07, 6.45) is 2.75. The fourth-order valence-corrected chi connectivity index (χ4v) is 4.24. The number of carbonyl (C=O) groups is 2. The summed E-state index contributed by atoms with van der Waals surface area (Å²) in [6.45, 7) is 2.68. The number of fused-ring (bicyclic) bond motifs is 1. The number of thioether (sulfide) groups is 1. The van der Waals surface area contributed by atoms with Crippen LogP contribution in [-0.4, -0.2) is 34.0 Å². The van der Waals surface area contributed by atoms with E-state index in [1.165, 1.54) is 0 Å². The quantitative estimate of drug-likeness (QED) is 0.910. The predicted octanol–water partition coefficient (Wildman–Crippen LogP) is 2.56. The highest BCUT2D eigenvalue weighted by Crippen LogP contribution is 2.41. The van der Waals surface area contributed by atoms with Crippen LogP contribution in [-0.2, 0) is 11.2 Å². The summed E-state index contributed by atoms with van der Waals surface area (Å²) < 4.78 is -0.312. The molecule has 1 amide bonds. The first-order chi connectivity index (χ1) is 9.51. The van der Waals surface area contributed by atoms with Crippen molar-refractivity contribution in [1.29, 1.82) is 0 Å². The maximum atomic E-state index is 12.7. The summed E-state index contributed by atoms with van der Waals surface area (Å²) in [5, 5.41) is 9.02. The minimum Gasteiger partial charge on any atom is -0.478 e. The monoisotopic (exact) mass is 291 g/mol. The number of carboxylic acid groups (broad SMARTS) is 1. The molecule has 0 bridgehead atoms. The molecule has 0 spiro atoms. The Kier molecular flexibility index (Phi) is 3.24. The van der Waals surface area contributed by atoms with E-state index in [-0.39, 0.29) is 10.7 Å². The zero-order chi connectivity index (χ0) is 14.3. The van der Waals surface area contributed by atoms with Crippen molar-refractivity contribution in [1.82, 2.24) is 0 Å². The van der Waals surface area contributed by atoms with Crippen LogP contribution >= 0.6 is 11.8 Å². The maximum Gasteiger partial charge on any atom is 0.335 e. The molecule has 1 saturated heterocycles. The lowest BCUT2D eigenvalue weighted by molar-refractivity contribution is -0.120. The third kappa shape index (κ3) is 2.10. The Labute approximate surface area is 122 Å². The lowest BCUT2D eigenvalue weighted by Crippen LogP contribution is -2.43. The molecule has 2 aliphatic rings. The van der Waals surface area contributed by atoms with Gasteiger partial charge in [0.2, 0.25) is 5.91 Å². The number of nitrogens with zero attached hydrogens (tertiary/aromatic N) is 1. The molecule has 1 atom stereocenters. The van der Waals surface area contributed by atoms with Crippen LogP contribution in [0.4, 0.5) is 5.69 Å². The van der Waals surface area contributed by atoms with Crippen molar-refractivity contribution in [3.63, 3.8) is 0 Å². The van der Waals surface area contributed by atoms with Crippen LogP contribution in [0.5, 0.6) is 0 Å². The minimum atomic E-state index is -0.920. The third-order valence-electron chi connectivity index (χ3n) is 4.14. The van der Waals surface area contributed by atoms with Gasteiger partial charge in [-0.05, 0) is 55.7 Å². The smallest absolute Gasteiger partial charge is 0.335 e. The van der Waals surface area contributed by atoms with Crippen molar-refractivity contribution in [2.45, 2.75) is 30.9 Å². The van der Waals surface area contributed by atoms with Crippen molar-refractivity contribution >= 4 is 29.3 Å². The zero-order valence-electron chi connectivity index (χ0n) is 11.4. The second-order valence-electron chi connectivity index (χ2n) is 5.54. The number of hydrogen-bond acceptors (Lipinski definition) is 3. The van der Waals surface area contributed by atoms with Gasteiger partial charge < -0.3 is 10.0 Å². The van der Waals surface area contributed by atoms with E-state index in [0.29, 0.717) is 12.1 Å². The molecule has 1 aromatic carbocycles. The number of carboxylic acids is 1. The molecule has 1 N–H and O–H groups in total. The molecule has 3 rings (SSSR count). The molecule has 5 heteroatoms. The van der Waals surface area contributed by atoms with Crippen molar-refractivity contribution < 1.29 is 14.7 Å². The van der Waals surface area contributed by atoms with E-state index in [1.54, 1.807) is 30.0 Å². The van der Waals surface area contributed by atoms with E-state index in [1.807, 2.05) is 11.8 Å². The molecular weight excluding hydrogens is 274 g/mol. The second-order valence-corrected chi connectivity index (χ2v) is 7.14. The summed E-state index contributed by atoms with van der Waals surface area (Å²) in [5.74, 6) is 0.290. The van der Waals surface area contributed by atoms with Crippen LogP contribution in [0.25, 0.3) is 0 Å². The third-order valence-corrected chi connectivity index (χ3v) is 5.65. The van der Waals surface area contributed by atoms with E-state index in [2.05, 4.69) is 0 Å². The largest absolute Gasteiger partial charge is 0.478 e. The summed E-state index contributed by atoms with van der Waals surface area (Å²) in [6, 6.07) is 5.04. The number of amides is 1. The van der Waals surface area contributed by atoms with E-state index >= 15 is 0 Å². The first-order valence-corrected chi connectivity index (χ1v) is 7.82. The highest BCUT2D eigenvalue weighted by molar-refractivity contribution is 8.01. The van der Waals surface area contributed by atoms with E-state index in [9.17, 15) is 9.59 Å². The van der Waals surface area contributed by atoms with Gasteiger partial charge in [0.25, 0.3) is 0 Å². The number of carbonyl (C=O) groups excluding carboxylic acids is 1. The second kappa shape index (κ2) is 4.81. The summed E-state index contributed by atoms with van der Waals surface area (Å²) in [5.41, 5.74) is 2.14. The fraction of sp³-hybridized carbons (Fsp3) is 0.467. The number of aromatic carboxylic acids is 1. The van der Waals surface area contributed by atoms with Gasteiger partial charge in [-0.1, -0.05) is 0 Å². The molecule has 2 heterocycles. The van der Waals surface area contributed by atoms with Gasteiger partial charge in [-0.15, -0.1) is 11.8 Å². The van der Waals surface area contributed by atoms with Crippen molar-refractivity contribution in [3.8, 4) is 0 Å². The van der Waals surface area contributed by atoms with Gasteiger partial charge in [0.1, 0.15) is 0 Å². The number of anilines is 1. The molecule has 1 aromatic rings. The van der Waals surface area contributed by atoms with Crippen molar-refractivity contribution in [2.75, 3.05) is 17.2 Å². The lowest BCUT2D eigenvalue weighted by Gasteiger charge is -2.28. The van der Waals surface area contributed by atoms with E-state index in [0.717, 1.165) is 36.3 Å². The molecular formula is C15H17NO3S. The van der Waals surface area contributed by atoms with Gasteiger partial charge in [0, 0.05) is 12.2 Å². The standard InChI is InChI=1S/C15H17NO3S/c1-15(6-2-8-20-15)14(19)16-7-5-10-9-11(13(17)18)3-4-12(10)16/h3-4,9H,2,5-8H2,1H3,(H,17,18). The maximum absolute atomic E-state index is 12.7. The molecule has 0 aliphatic carbocycles. The Morgan fingerprint density at radius 1 is 1.40 bits per heavy atom. The number of hydrogen-bond donors (Lipinski definition) is 1. The van der Waals surface area contributed by atoms with Crippen LogP contribution < -0.4 is 4.90 Å². The van der Waals surface area contributed by atoms with Gasteiger partial charge in [-0.2, -0.15) is 0 Å². The Balaban J connectivity index is 1.89. The molecule has 4 nitrogen and oxygen atoms in total. The predicted molar refractivity (Wildman–Crippen MR) is 79.6 cm³/mol.